The molecular formula is C17H18N2O3S. The van der Waals surface area contributed by atoms with Gasteiger partial charge in [-0.2, -0.15) is 0 Å². The van der Waals surface area contributed by atoms with Gasteiger partial charge in [0.1, 0.15) is 5.00 Å². The molecule has 120 valence electrons. The summed E-state index contributed by atoms with van der Waals surface area (Å²) in [5.41, 5.74) is 2.87. The fraction of sp³-hybridized carbons (Fsp3) is 0.353. The smallest absolute Gasteiger partial charge is 0.341 e. The van der Waals surface area contributed by atoms with Crippen molar-refractivity contribution in [3.8, 4) is 0 Å². The van der Waals surface area contributed by atoms with Gasteiger partial charge in [-0.3, -0.25) is 9.78 Å². The molecular weight excluding hydrogens is 312 g/mol. The molecule has 0 radical (unpaired) electrons. The number of fused-ring (bicyclic) bond motifs is 1. The second kappa shape index (κ2) is 6.50. The number of thiophene rings is 1. The van der Waals surface area contributed by atoms with Crippen LogP contribution in [0.25, 0.3) is 0 Å². The van der Waals surface area contributed by atoms with Crippen LogP contribution >= 0.6 is 11.3 Å². The van der Waals surface area contributed by atoms with E-state index in [1.807, 2.05) is 6.92 Å². The van der Waals surface area contributed by atoms with E-state index in [-0.39, 0.29) is 11.9 Å². The number of ether oxygens (including phenoxy) is 1. The number of esters is 1. The zero-order valence-electron chi connectivity index (χ0n) is 13.1. The van der Waals surface area contributed by atoms with E-state index in [2.05, 4.69) is 10.3 Å². The van der Waals surface area contributed by atoms with Crippen LogP contribution in [0.3, 0.4) is 0 Å². The molecule has 2 aromatic rings. The second-order valence-electron chi connectivity index (χ2n) is 5.55. The molecule has 0 fully saturated rings. The normalized spacial score (nSPS) is 13.3. The molecule has 1 amide bonds. The third-order valence-electron chi connectivity index (χ3n) is 3.96. The Kier molecular flexibility index (Phi) is 4.43. The number of nitrogens with zero attached hydrogens (tertiary/aromatic N) is 1. The Morgan fingerprint density at radius 2 is 2.04 bits per heavy atom. The van der Waals surface area contributed by atoms with Gasteiger partial charge in [0.2, 0.25) is 0 Å². The third kappa shape index (κ3) is 3.12. The molecule has 0 bridgehead atoms. The Labute approximate surface area is 138 Å². The summed E-state index contributed by atoms with van der Waals surface area (Å²) in [6, 6.07) is 3.51. The number of aryl methyl sites for hydroxylation is 2. The molecule has 0 spiro atoms. The summed E-state index contributed by atoms with van der Waals surface area (Å²) in [6.45, 7) is 1.87. The number of amides is 1. The van der Waals surface area contributed by atoms with Crippen molar-refractivity contribution in [3.63, 3.8) is 0 Å². The third-order valence-corrected chi connectivity index (χ3v) is 5.17. The molecule has 5 nitrogen and oxygen atoms in total. The van der Waals surface area contributed by atoms with E-state index < -0.39 is 0 Å². The van der Waals surface area contributed by atoms with Crippen molar-refractivity contribution in [2.75, 3.05) is 12.4 Å². The lowest BCUT2D eigenvalue weighted by Crippen LogP contribution is -2.15. The number of nitrogens with one attached hydrogen (secondary N) is 1. The highest BCUT2D eigenvalue weighted by Gasteiger charge is 2.27. The standard InChI is InChI=1S/C17H18N2O3S/c1-10-7-8-11(9-18-10)15(20)19-16-14(17(21)22-2)12-5-3-4-6-13(12)23-16/h7-9H,3-6H2,1-2H3,(H,19,20). The number of rotatable bonds is 3. The van der Waals surface area contributed by atoms with E-state index in [4.69, 9.17) is 4.74 Å². The lowest BCUT2D eigenvalue weighted by Gasteiger charge is -2.11. The summed E-state index contributed by atoms with van der Waals surface area (Å²) in [4.78, 5) is 29.9. The molecule has 23 heavy (non-hydrogen) atoms. The van der Waals surface area contributed by atoms with Crippen LogP contribution in [0.15, 0.2) is 18.3 Å². The van der Waals surface area contributed by atoms with Gasteiger partial charge in [-0.05, 0) is 50.3 Å². The molecule has 0 aliphatic heterocycles. The van der Waals surface area contributed by atoms with E-state index in [0.29, 0.717) is 16.1 Å². The van der Waals surface area contributed by atoms with Crippen LogP contribution in [-0.2, 0) is 17.6 Å². The Balaban J connectivity index is 1.93. The summed E-state index contributed by atoms with van der Waals surface area (Å²) < 4.78 is 4.91. The highest BCUT2D eigenvalue weighted by atomic mass is 32.1. The quantitative estimate of drug-likeness (QED) is 0.876. The Hall–Kier alpha value is -2.21. The van der Waals surface area contributed by atoms with Crippen molar-refractivity contribution in [2.24, 2.45) is 0 Å². The number of pyridine rings is 1. The van der Waals surface area contributed by atoms with E-state index in [9.17, 15) is 9.59 Å². The molecule has 2 heterocycles. The van der Waals surface area contributed by atoms with Crippen molar-refractivity contribution < 1.29 is 14.3 Å². The average molecular weight is 330 g/mol. The van der Waals surface area contributed by atoms with Gasteiger partial charge in [-0.25, -0.2) is 4.79 Å². The van der Waals surface area contributed by atoms with Crippen LogP contribution in [0.2, 0.25) is 0 Å². The van der Waals surface area contributed by atoms with Gasteiger partial charge in [0.05, 0.1) is 18.2 Å². The highest BCUT2D eigenvalue weighted by Crippen LogP contribution is 2.38. The summed E-state index contributed by atoms with van der Waals surface area (Å²) in [5.74, 6) is -0.650. The van der Waals surface area contributed by atoms with Gasteiger partial charge in [-0.1, -0.05) is 0 Å². The molecule has 6 heteroatoms. The molecule has 0 unspecified atom stereocenters. The van der Waals surface area contributed by atoms with E-state index in [1.165, 1.54) is 29.5 Å². The molecule has 0 aromatic carbocycles. The number of hydrogen-bond donors (Lipinski definition) is 1. The van der Waals surface area contributed by atoms with Crippen LogP contribution in [-0.4, -0.2) is 24.0 Å². The highest BCUT2D eigenvalue weighted by molar-refractivity contribution is 7.17. The molecule has 0 saturated heterocycles. The van der Waals surface area contributed by atoms with Gasteiger partial charge in [0, 0.05) is 16.8 Å². The maximum Gasteiger partial charge on any atom is 0.341 e. The summed E-state index contributed by atoms with van der Waals surface area (Å²) in [5, 5.41) is 3.44. The number of carbonyl (C=O) groups is 2. The number of carbonyl (C=O) groups excluding carboxylic acids is 2. The van der Waals surface area contributed by atoms with E-state index >= 15 is 0 Å². The molecule has 2 aromatic heterocycles. The first-order valence-electron chi connectivity index (χ1n) is 7.57. The van der Waals surface area contributed by atoms with Crippen LogP contribution in [0.4, 0.5) is 5.00 Å². The van der Waals surface area contributed by atoms with Crippen molar-refractivity contribution in [3.05, 3.63) is 45.6 Å². The molecule has 0 atom stereocenters. The monoisotopic (exact) mass is 330 g/mol. The Morgan fingerprint density at radius 3 is 2.74 bits per heavy atom. The van der Waals surface area contributed by atoms with Crippen molar-refractivity contribution >= 4 is 28.2 Å². The minimum atomic E-state index is -0.387. The number of methoxy groups -OCH3 is 1. The van der Waals surface area contributed by atoms with Crippen molar-refractivity contribution in [2.45, 2.75) is 32.6 Å². The number of aromatic nitrogens is 1. The van der Waals surface area contributed by atoms with Crippen LogP contribution in [0, 0.1) is 6.92 Å². The average Bonchev–Trinajstić information content (AvgIpc) is 2.92. The summed E-state index contributed by atoms with van der Waals surface area (Å²) in [6.07, 6.45) is 5.52. The Morgan fingerprint density at radius 1 is 1.26 bits per heavy atom. The molecule has 1 aliphatic rings. The first-order valence-corrected chi connectivity index (χ1v) is 8.38. The largest absolute Gasteiger partial charge is 0.465 e. The first kappa shape index (κ1) is 15.7. The number of hydrogen-bond acceptors (Lipinski definition) is 5. The van der Waals surface area contributed by atoms with E-state index in [1.54, 1.807) is 12.1 Å². The second-order valence-corrected chi connectivity index (χ2v) is 6.65. The lowest BCUT2D eigenvalue weighted by atomic mass is 9.95. The van der Waals surface area contributed by atoms with Crippen LogP contribution in [0.5, 0.6) is 0 Å². The predicted octanol–water partition coefficient (Wildman–Crippen LogP) is 3.37. The SMILES string of the molecule is COC(=O)c1c(NC(=O)c2ccc(C)nc2)sc2c1CCCC2. The Bertz CT molecular complexity index is 750. The van der Waals surface area contributed by atoms with Crippen molar-refractivity contribution in [1.82, 2.24) is 4.98 Å². The summed E-state index contributed by atoms with van der Waals surface area (Å²) >= 11 is 1.48. The lowest BCUT2D eigenvalue weighted by molar-refractivity contribution is 0.0601. The fourth-order valence-corrected chi connectivity index (χ4v) is 4.02. The minimum absolute atomic E-state index is 0.263. The van der Waals surface area contributed by atoms with Crippen LogP contribution < -0.4 is 5.32 Å². The molecule has 0 saturated carbocycles. The molecule has 3 rings (SSSR count). The minimum Gasteiger partial charge on any atom is -0.465 e. The van der Waals surface area contributed by atoms with Gasteiger partial charge >= 0.3 is 5.97 Å². The van der Waals surface area contributed by atoms with Gasteiger partial charge in [0.25, 0.3) is 5.91 Å². The molecule has 1 N–H and O–H groups in total. The van der Waals surface area contributed by atoms with Crippen LogP contribution in [0.1, 0.15) is 49.7 Å². The van der Waals surface area contributed by atoms with Crippen molar-refractivity contribution in [1.29, 1.82) is 0 Å². The topological polar surface area (TPSA) is 68.3 Å². The predicted molar refractivity (Wildman–Crippen MR) is 89.2 cm³/mol. The van der Waals surface area contributed by atoms with Gasteiger partial charge in [0.15, 0.2) is 0 Å². The van der Waals surface area contributed by atoms with Gasteiger partial charge < -0.3 is 10.1 Å². The number of anilines is 1. The molecule has 1 aliphatic carbocycles. The van der Waals surface area contributed by atoms with E-state index in [0.717, 1.165) is 36.9 Å². The maximum absolute atomic E-state index is 12.4. The van der Waals surface area contributed by atoms with Gasteiger partial charge in [-0.15, -0.1) is 11.3 Å². The zero-order chi connectivity index (χ0) is 16.4. The summed E-state index contributed by atoms with van der Waals surface area (Å²) in [7, 11) is 1.37. The first-order chi connectivity index (χ1) is 11.1. The fourth-order valence-electron chi connectivity index (χ4n) is 2.75. The maximum atomic E-state index is 12.4. The zero-order valence-corrected chi connectivity index (χ0v) is 14.0.